The molecule has 5 rings (SSSR count). The summed E-state index contributed by atoms with van der Waals surface area (Å²) in [5, 5.41) is 11.2. The fraction of sp³-hybridized carbons (Fsp3) is 0.192. The fourth-order valence-electron chi connectivity index (χ4n) is 4.75. The van der Waals surface area contributed by atoms with E-state index >= 15 is 0 Å². The summed E-state index contributed by atoms with van der Waals surface area (Å²) >= 11 is 0. The van der Waals surface area contributed by atoms with Crippen LogP contribution in [0.25, 0.3) is 0 Å². The van der Waals surface area contributed by atoms with Gasteiger partial charge in [-0.3, -0.25) is 29.4 Å². The van der Waals surface area contributed by atoms with E-state index in [2.05, 4.69) is 0 Å². The average Bonchev–Trinajstić information content (AvgIpc) is 3.16. The van der Waals surface area contributed by atoms with Gasteiger partial charge in [-0.2, -0.15) is 0 Å². The molecular weight excluding hydrogens is 482 g/mol. The Morgan fingerprint density at radius 1 is 0.730 bits per heavy atom. The molecule has 0 saturated carbocycles. The second-order valence-electron chi connectivity index (χ2n) is 8.37. The summed E-state index contributed by atoms with van der Waals surface area (Å²) in [5.41, 5.74) is 0.593. The van der Waals surface area contributed by atoms with E-state index in [1.54, 1.807) is 42.5 Å². The molecule has 3 aromatic rings. The normalized spacial score (nSPS) is 18.4. The number of carbonyl (C=O) groups is 3. The molecule has 0 aliphatic carbocycles. The van der Waals surface area contributed by atoms with Crippen LogP contribution in [0, 0.1) is 10.1 Å². The molecule has 0 N–H and O–H groups in total. The average molecular weight is 503 g/mol. The van der Waals surface area contributed by atoms with Gasteiger partial charge in [0, 0.05) is 23.4 Å². The van der Waals surface area contributed by atoms with Crippen LogP contribution in [-0.4, -0.2) is 54.9 Å². The topological polar surface area (TPSA) is 129 Å². The molecule has 0 aromatic heterocycles. The van der Waals surface area contributed by atoms with Crippen LogP contribution in [0.3, 0.4) is 0 Å². The van der Waals surface area contributed by atoms with Gasteiger partial charge in [0.05, 0.1) is 43.4 Å². The van der Waals surface area contributed by atoms with Gasteiger partial charge >= 0.3 is 0 Å². The number of nitro groups is 1. The summed E-state index contributed by atoms with van der Waals surface area (Å²) in [4.78, 5) is 53.3. The highest BCUT2D eigenvalue weighted by atomic mass is 16.6. The maximum Gasteiger partial charge on any atom is 0.270 e. The van der Waals surface area contributed by atoms with Crippen LogP contribution in [0.5, 0.6) is 17.2 Å². The highest BCUT2D eigenvalue weighted by molar-refractivity contribution is 6.25. The summed E-state index contributed by atoms with van der Waals surface area (Å²) in [6.07, 6.45) is 0. The van der Waals surface area contributed by atoms with Crippen molar-refractivity contribution >= 4 is 29.1 Å². The molecule has 3 amide bonds. The van der Waals surface area contributed by atoms with Crippen LogP contribution in [-0.2, 0) is 4.79 Å². The first kappa shape index (κ1) is 23.8. The third kappa shape index (κ3) is 3.63. The SMILES string of the molecule is COc1ccc(N2C(=O)[C@H](N3C(=O)c4ccc([N+](=O)[O-])cc4C3=O)[C@@H]2c2cc(OC)ccc2OC)cc1. The van der Waals surface area contributed by atoms with Gasteiger partial charge in [0.25, 0.3) is 23.4 Å². The molecule has 0 unspecified atom stereocenters. The second-order valence-corrected chi connectivity index (χ2v) is 8.37. The minimum Gasteiger partial charge on any atom is -0.497 e. The minimum atomic E-state index is -1.21. The third-order valence-corrected chi connectivity index (χ3v) is 6.56. The Labute approximate surface area is 210 Å². The molecule has 3 aromatic carbocycles. The van der Waals surface area contributed by atoms with Crippen molar-refractivity contribution < 1.29 is 33.5 Å². The molecule has 2 aliphatic heterocycles. The van der Waals surface area contributed by atoms with Gasteiger partial charge in [-0.1, -0.05) is 0 Å². The van der Waals surface area contributed by atoms with Crippen molar-refractivity contribution in [3.05, 3.63) is 87.5 Å². The molecule has 2 aliphatic rings. The number of amides is 3. The molecule has 1 fully saturated rings. The number of anilines is 1. The number of rotatable bonds is 7. The van der Waals surface area contributed by atoms with E-state index in [1.165, 1.54) is 32.3 Å². The Kier molecular flexibility index (Phi) is 5.75. The van der Waals surface area contributed by atoms with Crippen molar-refractivity contribution in [3.63, 3.8) is 0 Å². The van der Waals surface area contributed by atoms with Crippen LogP contribution in [0.1, 0.15) is 32.3 Å². The molecular formula is C26H21N3O8. The standard InChI is InChI=1S/C26H21N3O8/c1-35-16-7-4-14(5-8-16)27-22(20-13-17(36-2)9-11-21(20)37-3)23(26(27)32)28-24(30)18-10-6-15(29(33)34)12-19(18)25(28)31/h4-13,22-23H,1-3H3/t22-,23+/m0/s1. The highest BCUT2D eigenvalue weighted by Gasteiger charge is 2.58. The number of nitro benzene ring substituents is 1. The lowest BCUT2D eigenvalue weighted by molar-refractivity contribution is -0.384. The summed E-state index contributed by atoms with van der Waals surface area (Å²) in [5.74, 6) is -0.469. The van der Waals surface area contributed by atoms with Gasteiger partial charge in [-0.05, 0) is 48.5 Å². The number of methoxy groups -OCH3 is 3. The van der Waals surface area contributed by atoms with E-state index < -0.39 is 34.7 Å². The molecule has 37 heavy (non-hydrogen) atoms. The van der Waals surface area contributed by atoms with Crippen molar-refractivity contribution in [2.24, 2.45) is 0 Å². The van der Waals surface area contributed by atoms with Crippen LogP contribution < -0.4 is 19.1 Å². The smallest absolute Gasteiger partial charge is 0.270 e. The lowest BCUT2D eigenvalue weighted by Gasteiger charge is -2.50. The number of benzene rings is 3. The fourth-order valence-corrected chi connectivity index (χ4v) is 4.75. The minimum absolute atomic E-state index is 0.00246. The van der Waals surface area contributed by atoms with E-state index in [0.717, 1.165) is 17.0 Å². The van der Waals surface area contributed by atoms with Crippen molar-refractivity contribution in [1.82, 2.24) is 4.90 Å². The van der Waals surface area contributed by atoms with Gasteiger partial charge in [-0.15, -0.1) is 0 Å². The van der Waals surface area contributed by atoms with E-state index in [-0.39, 0.29) is 16.8 Å². The second kappa shape index (κ2) is 8.94. The highest BCUT2D eigenvalue weighted by Crippen LogP contribution is 2.47. The quantitative estimate of drug-likeness (QED) is 0.208. The van der Waals surface area contributed by atoms with Crippen molar-refractivity contribution in [1.29, 1.82) is 0 Å². The largest absolute Gasteiger partial charge is 0.497 e. The van der Waals surface area contributed by atoms with Gasteiger partial charge in [0.2, 0.25) is 0 Å². The van der Waals surface area contributed by atoms with Crippen molar-refractivity contribution in [2.45, 2.75) is 12.1 Å². The molecule has 0 spiro atoms. The Balaban J connectivity index is 1.62. The Hall–Kier alpha value is -4.93. The number of fused-ring (bicyclic) bond motifs is 1. The van der Waals surface area contributed by atoms with E-state index in [0.29, 0.717) is 28.5 Å². The maximum absolute atomic E-state index is 13.6. The number of hydrogen-bond acceptors (Lipinski definition) is 8. The number of hydrogen-bond donors (Lipinski definition) is 0. The van der Waals surface area contributed by atoms with E-state index in [1.807, 2.05) is 0 Å². The number of carbonyl (C=O) groups excluding carboxylic acids is 3. The van der Waals surface area contributed by atoms with E-state index in [4.69, 9.17) is 14.2 Å². The zero-order chi connectivity index (χ0) is 26.4. The first-order valence-corrected chi connectivity index (χ1v) is 11.2. The number of nitrogens with zero attached hydrogens (tertiary/aromatic N) is 3. The number of non-ortho nitro benzene ring substituents is 1. The molecule has 0 radical (unpaired) electrons. The van der Waals surface area contributed by atoms with Crippen LogP contribution in [0.2, 0.25) is 0 Å². The molecule has 0 bridgehead atoms. The lowest BCUT2D eigenvalue weighted by atomic mass is 9.85. The zero-order valence-electron chi connectivity index (χ0n) is 20.0. The van der Waals surface area contributed by atoms with E-state index in [9.17, 15) is 24.5 Å². The van der Waals surface area contributed by atoms with Crippen LogP contribution >= 0.6 is 0 Å². The zero-order valence-corrected chi connectivity index (χ0v) is 20.0. The third-order valence-electron chi connectivity index (χ3n) is 6.56. The maximum atomic E-state index is 13.6. The predicted molar refractivity (Wildman–Crippen MR) is 130 cm³/mol. The molecule has 11 nitrogen and oxygen atoms in total. The molecule has 1 saturated heterocycles. The summed E-state index contributed by atoms with van der Waals surface area (Å²) in [6.45, 7) is 0. The first-order chi connectivity index (χ1) is 17.8. The number of β-lactam (4-membered cyclic amide) rings is 1. The van der Waals surface area contributed by atoms with Gasteiger partial charge in [0.15, 0.2) is 0 Å². The number of ether oxygens (including phenoxy) is 3. The summed E-state index contributed by atoms with van der Waals surface area (Å²) < 4.78 is 16.1. The molecule has 11 heteroatoms. The summed E-state index contributed by atoms with van der Waals surface area (Å²) in [6, 6.07) is 13.2. The monoisotopic (exact) mass is 503 g/mol. The Bertz CT molecular complexity index is 1450. The molecule has 188 valence electrons. The van der Waals surface area contributed by atoms with Crippen molar-refractivity contribution in [3.8, 4) is 17.2 Å². The van der Waals surface area contributed by atoms with Gasteiger partial charge in [-0.25, -0.2) is 0 Å². The van der Waals surface area contributed by atoms with Crippen LogP contribution in [0.4, 0.5) is 11.4 Å². The van der Waals surface area contributed by atoms with Crippen LogP contribution in [0.15, 0.2) is 60.7 Å². The number of imide groups is 1. The lowest BCUT2D eigenvalue weighted by Crippen LogP contribution is -2.67. The summed E-state index contributed by atoms with van der Waals surface area (Å²) in [7, 11) is 4.49. The first-order valence-electron chi connectivity index (χ1n) is 11.2. The Morgan fingerprint density at radius 2 is 1.38 bits per heavy atom. The Morgan fingerprint density at radius 3 is 2.00 bits per heavy atom. The molecule has 2 atom stereocenters. The van der Waals surface area contributed by atoms with Crippen molar-refractivity contribution in [2.75, 3.05) is 26.2 Å². The van der Waals surface area contributed by atoms with Gasteiger partial charge in [0.1, 0.15) is 23.3 Å². The predicted octanol–water partition coefficient (Wildman–Crippen LogP) is 3.37. The van der Waals surface area contributed by atoms with Gasteiger partial charge < -0.3 is 19.1 Å². The molecule has 2 heterocycles.